The van der Waals surface area contributed by atoms with Gasteiger partial charge in [-0.1, -0.05) is 30.3 Å². The van der Waals surface area contributed by atoms with Gasteiger partial charge in [0.05, 0.1) is 19.2 Å². The summed E-state index contributed by atoms with van der Waals surface area (Å²) < 4.78 is 5.27. The van der Waals surface area contributed by atoms with Crippen molar-refractivity contribution < 1.29 is 24.2 Å². The molecule has 2 aliphatic rings. The van der Waals surface area contributed by atoms with E-state index in [4.69, 9.17) is 9.84 Å². The number of methoxy groups -OCH3 is 1. The fourth-order valence-corrected chi connectivity index (χ4v) is 3.80. The highest BCUT2D eigenvalue weighted by Crippen LogP contribution is 2.47. The van der Waals surface area contributed by atoms with E-state index in [2.05, 4.69) is 10.4 Å². The number of carbonyl (C=O) groups is 3. The van der Waals surface area contributed by atoms with Crippen molar-refractivity contribution in [2.24, 2.45) is 5.10 Å². The predicted octanol–water partition coefficient (Wildman–Crippen LogP) is 2.34. The van der Waals surface area contributed by atoms with E-state index in [9.17, 15) is 14.4 Å². The van der Waals surface area contributed by atoms with Crippen LogP contribution < -0.4 is 10.1 Å². The standard InChI is InChI=1S/C21H19N3O5/c1-29-14-6-4-5-13(11-14)17-12-21(24(23-17)18(25)9-10-19(26)27)15-7-2-3-8-16(15)22-20(21)28/h2-8,11H,9-10,12H2,1H3,(H,22,28)(H,26,27)/t21-/m0/s1. The Hall–Kier alpha value is -3.68. The van der Waals surface area contributed by atoms with Crippen LogP contribution in [0.1, 0.15) is 30.4 Å². The molecule has 0 aliphatic carbocycles. The number of nitrogens with one attached hydrogen (secondary N) is 1. The zero-order valence-corrected chi connectivity index (χ0v) is 15.7. The number of anilines is 1. The minimum absolute atomic E-state index is 0.182. The summed E-state index contributed by atoms with van der Waals surface area (Å²) in [6, 6.07) is 14.4. The third kappa shape index (κ3) is 3.02. The summed E-state index contributed by atoms with van der Waals surface area (Å²) >= 11 is 0. The van der Waals surface area contributed by atoms with Crippen molar-refractivity contribution in [3.05, 3.63) is 59.7 Å². The molecule has 2 aromatic carbocycles. The van der Waals surface area contributed by atoms with Gasteiger partial charge in [0.15, 0.2) is 5.54 Å². The van der Waals surface area contributed by atoms with Crippen LogP contribution >= 0.6 is 0 Å². The fraction of sp³-hybridized carbons (Fsp3) is 0.238. The smallest absolute Gasteiger partial charge is 0.303 e. The molecule has 4 rings (SSSR count). The number of benzene rings is 2. The Bertz CT molecular complexity index is 1050. The summed E-state index contributed by atoms with van der Waals surface area (Å²) in [6.45, 7) is 0. The topological polar surface area (TPSA) is 108 Å². The second-order valence-electron chi connectivity index (χ2n) is 6.91. The monoisotopic (exact) mass is 393 g/mol. The number of amides is 2. The van der Waals surface area contributed by atoms with Gasteiger partial charge in [-0.2, -0.15) is 5.10 Å². The van der Waals surface area contributed by atoms with Crippen molar-refractivity contribution in [1.82, 2.24) is 5.01 Å². The first kappa shape index (κ1) is 18.7. The predicted molar refractivity (Wildman–Crippen MR) is 105 cm³/mol. The number of para-hydroxylation sites is 1. The molecule has 1 spiro atoms. The Morgan fingerprint density at radius 2 is 2.00 bits per heavy atom. The zero-order valence-electron chi connectivity index (χ0n) is 15.7. The molecule has 0 aromatic heterocycles. The number of nitrogens with zero attached hydrogens (tertiary/aromatic N) is 2. The molecular weight excluding hydrogens is 374 g/mol. The van der Waals surface area contributed by atoms with Crippen molar-refractivity contribution in [2.45, 2.75) is 24.8 Å². The Labute approximate surface area is 166 Å². The minimum atomic E-state index is -1.33. The number of carbonyl (C=O) groups excluding carboxylic acids is 2. The average Bonchev–Trinajstić information content (AvgIpc) is 3.26. The number of hydrogen-bond donors (Lipinski definition) is 2. The third-order valence-corrected chi connectivity index (χ3v) is 5.19. The number of fused-ring (bicyclic) bond motifs is 2. The van der Waals surface area contributed by atoms with Crippen molar-refractivity contribution >= 4 is 29.2 Å². The lowest BCUT2D eigenvalue weighted by atomic mass is 9.85. The van der Waals surface area contributed by atoms with Gasteiger partial charge in [0.1, 0.15) is 5.75 Å². The molecule has 0 radical (unpaired) electrons. The van der Waals surface area contributed by atoms with Gasteiger partial charge in [-0.15, -0.1) is 0 Å². The van der Waals surface area contributed by atoms with E-state index in [-0.39, 0.29) is 25.2 Å². The summed E-state index contributed by atoms with van der Waals surface area (Å²) in [4.78, 5) is 37.0. The quantitative estimate of drug-likeness (QED) is 0.811. The van der Waals surface area contributed by atoms with Gasteiger partial charge in [-0.3, -0.25) is 14.4 Å². The first-order chi connectivity index (χ1) is 14.0. The fourth-order valence-electron chi connectivity index (χ4n) is 3.80. The van der Waals surface area contributed by atoms with Crippen molar-refractivity contribution in [3.8, 4) is 5.75 Å². The average molecular weight is 393 g/mol. The number of rotatable bonds is 5. The zero-order chi connectivity index (χ0) is 20.6. The number of ether oxygens (including phenoxy) is 1. The molecule has 2 amide bonds. The van der Waals surface area contributed by atoms with Crippen LogP contribution in [0.2, 0.25) is 0 Å². The van der Waals surface area contributed by atoms with Crippen LogP contribution in [-0.2, 0) is 19.9 Å². The Morgan fingerprint density at radius 3 is 2.76 bits per heavy atom. The van der Waals surface area contributed by atoms with Crippen LogP contribution in [-0.4, -0.2) is 40.7 Å². The van der Waals surface area contributed by atoms with Crippen LogP contribution in [0, 0.1) is 0 Å². The molecule has 0 saturated heterocycles. The van der Waals surface area contributed by atoms with Gasteiger partial charge in [0.2, 0.25) is 5.91 Å². The van der Waals surface area contributed by atoms with Crippen molar-refractivity contribution in [3.63, 3.8) is 0 Å². The van der Waals surface area contributed by atoms with Gasteiger partial charge < -0.3 is 15.2 Å². The summed E-state index contributed by atoms with van der Waals surface area (Å²) in [6.07, 6.45) is -0.401. The van der Waals surface area contributed by atoms with Crippen molar-refractivity contribution in [2.75, 3.05) is 12.4 Å². The van der Waals surface area contributed by atoms with E-state index in [0.29, 0.717) is 22.7 Å². The maximum Gasteiger partial charge on any atom is 0.303 e. The molecule has 0 unspecified atom stereocenters. The Kier molecular flexibility index (Phi) is 4.54. The minimum Gasteiger partial charge on any atom is -0.497 e. The summed E-state index contributed by atoms with van der Waals surface area (Å²) in [5.74, 6) is -1.33. The highest BCUT2D eigenvalue weighted by Gasteiger charge is 2.57. The molecule has 2 N–H and O–H groups in total. The van der Waals surface area contributed by atoms with E-state index in [0.717, 1.165) is 10.6 Å². The molecule has 1 atom stereocenters. The van der Waals surface area contributed by atoms with Gasteiger partial charge in [0, 0.05) is 29.7 Å². The third-order valence-electron chi connectivity index (χ3n) is 5.19. The molecule has 8 heteroatoms. The Balaban J connectivity index is 1.80. The first-order valence-electron chi connectivity index (χ1n) is 9.13. The van der Waals surface area contributed by atoms with Crippen LogP contribution in [0.3, 0.4) is 0 Å². The SMILES string of the molecule is COc1cccc(C2=NN(C(=O)CCC(=O)O)[C@]3(C2)C(=O)Nc2ccccc23)c1. The first-order valence-corrected chi connectivity index (χ1v) is 9.13. The van der Waals surface area contributed by atoms with Gasteiger partial charge in [0.25, 0.3) is 5.91 Å². The lowest BCUT2D eigenvalue weighted by Crippen LogP contribution is -2.48. The second kappa shape index (κ2) is 7.05. The molecule has 0 saturated carbocycles. The molecule has 2 heterocycles. The maximum atomic E-state index is 13.1. The second-order valence-corrected chi connectivity index (χ2v) is 6.91. The largest absolute Gasteiger partial charge is 0.497 e. The highest BCUT2D eigenvalue weighted by molar-refractivity contribution is 6.15. The van der Waals surface area contributed by atoms with Gasteiger partial charge in [-0.05, 0) is 18.2 Å². The van der Waals surface area contributed by atoms with Crippen LogP contribution in [0.5, 0.6) is 5.75 Å². The van der Waals surface area contributed by atoms with E-state index in [1.165, 1.54) is 0 Å². The van der Waals surface area contributed by atoms with E-state index < -0.39 is 17.4 Å². The normalized spacial score (nSPS) is 19.7. The number of carboxylic acid groups (broad SMARTS) is 1. The van der Waals surface area contributed by atoms with Crippen molar-refractivity contribution in [1.29, 1.82) is 0 Å². The van der Waals surface area contributed by atoms with E-state index >= 15 is 0 Å². The molecular formula is C21H19N3O5. The molecule has 29 heavy (non-hydrogen) atoms. The van der Waals surface area contributed by atoms with Crippen LogP contribution in [0.4, 0.5) is 5.69 Å². The van der Waals surface area contributed by atoms with E-state index in [1.807, 2.05) is 6.07 Å². The molecule has 0 bridgehead atoms. The molecule has 2 aromatic rings. The maximum absolute atomic E-state index is 13.1. The Morgan fingerprint density at radius 1 is 1.21 bits per heavy atom. The van der Waals surface area contributed by atoms with Crippen LogP contribution in [0.25, 0.3) is 0 Å². The molecule has 2 aliphatic heterocycles. The highest BCUT2D eigenvalue weighted by atomic mass is 16.5. The molecule has 0 fully saturated rings. The number of aliphatic carboxylic acids is 1. The molecule has 148 valence electrons. The lowest BCUT2D eigenvalue weighted by molar-refractivity contribution is -0.146. The van der Waals surface area contributed by atoms with Gasteiger partial charge in [-0.25, -0.2) is 5.01 Å². The summed E-state index contributed by atoms with van der Waals surface area (Å²) in [5.41, 5.74) is 1.23. The number of hydrazone groups is 1. The molecule has 8 nitrogen and oxygen atoms in total. The number of hydrogen-bond acceptors (Lipinski definition) is 5. The van der Waals surface area contributed by atoms with Gasteiger partial charge >= 0.3 is 5.97 Å². The summed E-state index contributed by atoms with van der Waals surface area (Å²) in [5, 5.41) is 17.4. The van der Waals surface area contributed by atoms with E-state index in [1.54, 1.807) is 49.6 Å². The van der Waals surface area contributed by atoms with Crippen LogP contribution in [0.15, 0.2) is 53.6 Å². The lowest BCUT2D eigenvalue weighted by Gasteiger charge is -2.30. The number of carboxylic acids is 1. The summed E-state index contributed by atoms with van der Waals surface area (Å²) in [7, 11) is 1.56.